The smallest absolute Gasteiger partial charge is 0.105 e. The summed E-state index contributed by atoms with van der Waals surface area (Å²) in [4.78, 5) is 0. The van der Waals surface area contributed by atoms with Crippen LogP contribution in [0, 0.1) is 0 Å². The Hall–Kier alpha value is 0.394. The quantitative estimate of drug-likeness (QED) is 0.569. The number of rotatable bonds is 7. The average Bonchev–Trinajstić information content (AvgIpc) is 2.04. The highest BCUT2D eigenvalue weighted by Crippen LogP contribution is 2.02. The van der Waals surface area contributed by atoms with Crippen LogP contribution < -0.4 is 0 Å². The summed E-state index contributed by atoms with van der Waals surface area (Å²) < 4.78 is 2.79. The van der Waals surface area contributed by atoms with Gasteiger partial charge in [0.2, 0.25) is 0 Å². The summed E-state index contributed by atoms with van der Waals surface area (Å²) in [5, 5.41) is 0. The lowest BCUT2D eigenvalue weighted by Crippen LogP contribution is -2.38. The molecule has 0 radical (unpaired) electrons. The van der Waals surface area contributed by atoms with Gasteiger partial charge >= 0.3 is 0 Å². The molecule has 1 atom stereocenters. The zero-order chi connectivity index (χ0) is 9.40. The minimum atomic E-state index is -0.457. The van der Waals surface area contributed by atoms with Gasteiger partial charge in [-0.1, -0.05) is 32.6 Å². The van der Waals surface area contributed by atoms with Crippen LogP contribution in [0.1, 0.15) is 26.7 Å². The summed E-state index contributed by atoms with van der Waals surface area (Å²) in [6.07, 6.45) is 2.67. The van der Waals surface area contributed by atoms with Crippen molar-refractivity contribution in [2.75, 3.05) is 13.1 Å². The third-order valence-electron chi connectivity index (χ3n) is 2.35. The number of nitrogens with zero attached hydrogens (tertiary/aromatic N) is 1. The fraction of sp³-hybridized carbons (Fsp3) is 1.00. The van der Waals surface area contributed by atoms with Gasteiger partial charge in [-0.3, -0.25) is 0 Å². The van der Waals surface area contributed by atoms with Gasteiger partial charge in [0, 0.05) is 9.52 Å². The normalized spacial score (nSPS) is 14.8. The Morgan fingerprint density at radius 3 is 2.00 bits per heavy atom. The molecular weight excluding hydrogens is 178 g/mol. The largest absolute Gasteiger partial charge is 0.327 e. The van der Waals surface area contributed by atoms with E-state index in [9.17, 15) is 0 Å². The molecule has 0 saturated heterocycles. The predicted octanol–water partition coefficient (Wildman–Crippen LogP) is 1.64. The van der Waals surface area contributed by atoms with Gasteiger partial charge in [-0.15, -0.1) is 0 Å². The molecule has 0 aliphatic heterocycles. The molecule has 0 rings (SSSR count). The minimum absolute atomic E-state index is 0.310. The van der Waals surface area contributed by atoms with E-state index in [1.807, 2.05) is 0 Å². The average molecular weight is 203 g/mol. The van der Waals surface area contributed by atoms with Crippen molar-refractivity contribution in [3.8, 4) is 0 Å². The first-order chi connectivity index (χ1) is 5.76. The summed E-state index contributed by atoms with van der Waals surface area (Å²) in [5.41, 5.74) is 1.62. The second-order valence-electron chi connectivity index (χ2n) is 3.67. The van der Waals surface area contributed by atoms with Gasteiger partial charge in [0.05, 0.1) is 0 Å². The van der Waals surface area contributed by atoms with Crippen molar-refractivity contribution < 1.29 is 0 Å². The third-order valence-corrected chi connectivity index (χ3v) is 9.77. The molecule has 0 N–H and O–H groups in total. The fourth-order valence-corrected chi connectivity index (χ4v) is 7.93. The van der Waals surface area contributed by atoms with Crippen molar-refractivity contribution in [2.45, 2.75) is 45.5 Å². The van der Waals surface area contributed by atoms with E-state index in [1.54, 1.807) is 5.67 Å². The molecule has 0 fully saturated rings. The van der Waals surface area contributed by atoms with E-state index in [-0.39, 0.29) is 0 Å². The molecule has 3 heteroatoms. The van der Waals surface area contributed by atoms with Crippen LogP contribution in [0.4, 0.5) is 0 Å². The van der Waals surface area contributed by atoms with Crippen LogP contribution >= 0.6 is 0 Å². The Bertz CT molecular complexity index is 92.5. The van der Waals surface area contributed by atoms with Crippen molar-refractivity contribution in [1.29, 1.82) is 0 Å². The monoisotopic (exact) mass is 203 g/mol. The van der Waals surface area contributed by atoms with Crippen molar-refractivity contribution in [3.63, 3.8) is 0 Å². The van der Waals surface area contributed by atoms with Gasteiger partial charge in [0.15, 0.2) is 0 Å². The maximum Gasteiger partial charge on any atom is 0.105 e. The lowest BCUT2D eigenvalue weighted by atomic mass is 10.4. The molecule has 0 aliphatic carbocycles. The summed E-state index contributed by atoms with van der Waals surface area (Å²) in [7, 11) is -0.147. The van der Waals surface area contributed by atoms with Crippen molar-refractivity contribution in [3.05, 3.63) is 0 Å². The van der Waals surface area contributed by atoms with Crippen LogP contribution in [0.15, 0.2) is 0 Å². The molecule has 1 nitrogen and oxygen atoms in total. The topological polar surface area (TPSA) is 3.24 Å². The summed E-state index contributed by atoms with van der Waals surface area (Å²) in [5.74, 6) is 0. The van der Waals surface area contributed by atoms with Gasteiger partial charge in [-0.05, 0) is 25.9 Å². The zero-order valence-corrected chi connectivity index (χ0v) is 11.8. The van der Waals surface area contributed by atoms with E-state index < -0.39 is 8.96 Å². The first kappa shape index (κ1) is 12.4. The second kappa shape index (κ2) is 8.01. The van der Waals surface area contributed by atoms with E-state index in [2.05, 4.69) is 31.5 Å². The maximum absolute atomic E-state index is 2.79. The van der Waals surface area contributed by atoms with Crippen molar-refractivity contribution in [2.24, 2.45) is 0 Å². The number of hydrogen-bond donors (Lipinski definition) is 0. The molecule has 0 saturated carbocycles. The van der Waals surface area contributed by atoms with Gasteiger partial charge in [-0.25, -0.2) is 0 Å². The molecule has 0 bridgehead atoms. The molecule has 0 spiro atoms. The first-order valence-corrected chi connectivity index (χ1v) is 10.4. The first-order valence-electron chi connectivity index (χ1n) is 5.50. The lowest BCUT2D eigenvalue weighted by molar-refractivity contribution is 0.431. The highest BCUT2D eigenvalue weighted by molar-refractivity contribution is 6.66. The van der Waals surface area contributed by atoms with Crippen molar-refractivity contribution >= 4 is 18.5 Å². The van der Waals surface area contributed by atoms with E-state index >= 15 is 0 Å². The third kappa shape index (κ3) is 5.11. The Morgan fingerprint density at radius 1 is 1.17 bits per heavy atom. The molecule has 0 amide bonds. The van der Waals surface area contributed by atoms with Crippen molar-refractivity contribution in [1.82, 2.24) is 4.57 Å². The Balaban J connectivity index is 3.72. The van der Waals surface area contributed by atoms with E-state index in [0.717, 1.165) is 0 Å². The molecule has 0 heterocycles. The standard InChI is InChI=1S/C9H25NSi2/c1-5-7-10(8-6-2)12(4)9-11-3/h12H,5-9,11H2,1-4H3. The molecule has 12 heavy (non-hydrogen) atoms. The molecule has 0 aromatic rings. The van der Waals surface area contributed by atoms with E-state index in [1.165, 1.54) is 25.9 Å². The second-order valence-corrected chi connectivity index (χ2v) is 9.41. The van der Waals surface area contributed by atoms with Crippen LogP contribution in [-0.4, -0.2) is 36.1 Å². The molecule has 0 aliphatic rings. The van der Waals surface area contributed by atoms with Crippen LogP contribution in [0.2, 0.25) is 18.8 Å². The Morgan fingerprint density at radius 2 is 1.67 bits per heavy atom. The zero-order valence-electron chi connectivity index (χ0n) is 9.27. The van der Waals surface area contributed by atoms with Gasteiger partial charge in [0.25, 0.3) is 0 Å². The van der Waals surface area contributed by atoms with E-state index in [4.69, 9.17) is 0 Å². The highest BCUT2D eigenvalue weighted by atomic mass is 28.3. The molecule has 0 aromatic heterocycles. The molecular formula is C9H25NSi2. The molecule has 74 valence electrons. The predicted molar refractivity (Wildman–Crippen MR) is 64.4 cm³/mol. The fourth-order valence-electron chi connectivity index (χ4n) is 1.73. The van der Waals surface area contributed by atoms with E-state index in [0.29, 0.717) is 9.52 Å². The number of hydrogen-bond acceptors (Lipinski definition) is 1. The SMILES string of the molecule is CCCN(CCC)[SiH](C)C[SiH2]C. The summed E-state index contributed by atoms with van der Waals surface area (Å²) in [6.45, 7) is 12.3. The lowest BCUT2D eigenvalue weighted by Gasteiger charge is -2.27. The molecule has 0 aromatic carbocycles. The Labute approximate surface area is 82.1 Å². The van der Waals surface area contributed by atoms with Gasteiger partial charge in [0.1, 0.15) is 8.96 Å². The maximum atomic E-state index is 2.79. The van der Waals surface area contributed by atoms with Gasteiger partial charge in [-0.2, -0.15) is 0 Å². The highest BCUT2D eigenvalue weighted by Gasteiger charge is 2.11. The van der Waals surface area contributed by atoms with Crippen LogP contribution in [0.5, 0.6) is 0 Å². The summed E-state index contributed by atoms with van der Waals surface area (Å²) in [6, 6.07) is 0. The molecule has 1 unspecified atom stereocenters. The minimum Gasteiger partial charge on any atom is -0.327 e. The van der Waals surface area contributed by atoms with Crippen LogP contribution in [-0.2, 0) is 0 Å². The van der Waals surface area contributed by atoms with Crippen LogP contribution in [0.25, 0.3) is 0 Å². The summed E-state index contributed by atoms with van der Waals surface area (Å²) >= 11 is 0. The van der Waals surface area contributed by atoms with Gasteiger partial charge < -0.3 is 4.57 Å². The van der Waals surface area contributed by atoms with Crippen LogP contribution in [0.3, 0.4) is 0 Å². The Kier molecular flexibility index (Phi) is 8.28.